The largest absolute Gasteiger partial charge is 0.384 e. The summed E-state index contributed by atoms with van der Waals surface area (Å²) in [5, 5.41) is 11.6. The number of aromatic nitrogens is 1. The molecule has 106 valence electrons. The number of carbonyl (C=O) groups is 1. The van der Waals surface area contributed by atoms with Crippen molar-refractivity contribution in [3.8, 4) is 11.8 Å². The number of aliphatic hydroxyl groups excluding tert-OH is 1. The minimum Gasteiger partial charge on any atom is -0.384 e. The monoisotopic (exact) mass is 292 g/mol. The summed E-state index contributed by atoms with van der Waals surface area (Å²) in [6, 6.07) is 3.43. The van der Waals surface area contributed by atoms with Gasteiger partial charge >= 0.3 is 0 Å². The zero-order chi connectivity index (χ0) is 14.4. The average Bonchev–Trinajstić information content (AvgIpc) is 2.47. The molecule has 6 heteroatoms. The van der Waals surface area contributed by atoms with E-state index >= 15 is 0 Å². The summed E-state index contributed by atoms with van der Waals surface area (Å²) in [5.74, 6) is 6.22. The van der Waals surface area contributed by atoms with Crippen molar-refractivity contribution in [1.29, 1.82) is 0 Å². The van der Waals surface area contributed by atoms with Crippen molar-refractivity contribution in [3.05, 3.63) is 29.6 Å². The third-order valence-corrected chi connectivity index (χ3v) is 4.43. The van der Waals surface area contributed by atoms with E-state index in [0.717, 1.165) is 12.8 Å². The van der Waals surface area contributed by atoms with Crippen LogP contribution in [0.3, 0.4) is 0 Å². The van der Waals surface area contributed by atoms with Crippen LogP contribution in [-0.2, 0) is 10.8 Å². The van der Waals surface area contributed by atoms with Crippen molar-refractivity contribution >= 4 is 16.7 Å². The quantitative estimate of drug-likeness (QED) is 0.756. The van der Waals surface area contributed by atoms with Crippen LogP contribution in [0.15, 0.2) is 18.3 Å². The van der Waals surface area contributed by atoms with Gasteiger partial charge in [-0.1, -0.05) is 11.8 Å². The minimum absolute atomic E-state index is 0.0425. The van der Waals surface area contributed by atoms with Gasteiger partial charge in [-0.05, 0) is 25.0 Å². The van der Waals surface area contributed by atoms with Gasteiger partial charge in [-0.2, -0.15) is 0 Å². The first-order valence-electron chi connectivity index (χ1n) is 6.41. The molecule has 0 radical (unpaired) electrons. The van der Waals surface area contributed by atoms with Gasteiger partial charge in [-0.3, -0.25) is 9.00 Å². The third kappa shape index (κ3) is 3.89. The predicted molar refractivity (Wildman–Crippen MR) is 76.6 cm³/mol. The number of nitrogens with one attached hydrogen (secondary N) is 1. The number of aliphatic hydroxyl groups is 1. The lowest BCUT2D eigenvalue weighted by Crippen LogP contribution is -2.40. The van der Waals surface area contributed by atoms with E-state index in [1.807, 2.05) is 0 Å². The van der Waals surface area contributed by atoms with Gasteiger partial charge in [0.05, 0.1) is 5.56 Å². The van der Waals surface area contributed by atoms with Crippen LogP contribution in [0, 0.1) is 11.8 Å². The number of hydrogen-bond acceptors (Lipinski definition) is 4. The second-order valence-corrected chi connectivity index (χ2v) is 6.15. The fraction of sp³-hybridized carbons (Fsp3) is 0.429. The molecule has 0 saturated carbocycles. The molecule has 1 aromatic rings. The lowest BCUT2D eigenvalue weighted by atomic mass is 10.1. The van der Waals surface area contributed by atoms with Gasteiger partial charge in [-0.15, -0.1) is 0 Å². The Morgan fingerprint density at radius 2 is 2.25 bits per heavy atom. The maximum absolute atomic E-state index is 12.2. The lowest BCUT2D eigenvalue weighted by Gasteiger charge is -2.22. The Bertz CT molecular complexity index is 567. The van der Waals surface area contributed by atoms with Crippen LogP contribution in [-0.4, -0.2) is 44.4 Å². The average molecular weight is 292 g/mol. The van der Waals surface area contributed by atoms with Gasteiger partial charge in [0.15, 0.2) is 0 Å². The fourth-order valence-corrected chi connectivity index (χ4v) is 3.31. The van der Waals surface area contributed by atoms with Crippen LogP contribution >= 0.6 is 0 Å². The molecule has 0 unspecified atom stereocenters. The van der Waals surface area contributed by atoms with Crippen LogP contribution < -0.4 is 5.32 Å². The molecule has 1 amide bonds. The first-order valence-corrected chi connectivity index (χ1v) is 7.90. The molecular formula is C14H16N2O3S. The van der Waals surface area contributed by atoms with Crippen molar-refractivity contribution < 1.29 is 14.1 Å². The van der Waals surface area contributed by atoms with E-state index in [1.54, 1.807) is 12.1 Å². The molecule has 0 bridgehead atoms. The second kappa shape index (κ2) is 7.17. The first-order chi connectivity index (χ1) is 9.70. The molecule has 0 aromatic carbocycles. The number of rotatable bonds is 2. The molecule has 1 aliphatic heterocycles. The van der Waals surface area contributed by atoms with Crippen molar-refractivity contribution in [3.63, 3.8) is 0 Å². The highest BCUT2D eigenvalue weighted by Gasteiger charge is 2.21. The minimum atomic E-state index is -0.746. The van der Waals surface area contributed by atoms with Crippen molar-refractivity contribution in [1.82, 2.24) is 10.3 Å². The van der Waals surface area contributed by atoms with Gasteiger partial charge in [0, 0.05) is 34.5 Å². The molecule has 2 heterocycles. The molecule has 1 saturated heterocycles. The maximum atomic E-state index is 12.2. The molecule has 1 fully saturated rings. The standard InChI is InChI=1S/C14H16N2O3S/c17-8-2-4-11-3-1-7-15-13(11)14(18)16-12-5-9-20(19)10-6-12/h1,3,7,12,17H,5-6,8-10H2,(H,16,18). The van der Waals surface area contributed by atoms with Gasteiger partial charge in [0.25, 0.3) is 5.91 Å². The molecular weight excluding hydrogens is 276 g/mol. The first kappa shape index (κ1) is 14.7. The van der Waals surface area contributed by atoms with Crippen LogP contribution in [0.5, 0.6) is 0 Å². The summed E-state index contributed by atoms with van der Waals surface area (Å²) in [7, 11) is -0.746. The summed E-state index contributed by atoms with van der Waals surface area (Å²) in [6.07, 6.45) is 2.99. The predicted octanol–water partition coefficient (Wildman–Crippen LogP) is 0.0663. The number of nitrogens with zero attached hydrogens (tertiary/aromatic N) is 1. The Kier molecular flexibility index (Phi) is 5.27. The smallest absolute Gasteiger partial charge is 0.271 e. The van der Waals surface area contributed by atoms with Crippen molar-refractivity contribution in [2.75, 3.05) is 18.1 Å². The van der Waals surface area contributed by atoms with Crippen LogP contribution in [0.1, 0.15) is 28.9 Å². The SMILES string of the molecule is O=C(NC1CCS(=O)CC1)c1ncccc1C#CCO. The van der Waals surface area contributed by atoms with Crippen LogP contribution in [0.4, 0.5) is 0 Å². The lowest BCUT2D eigenvalue weighted by molar-refractivity contribution is 0.0929. The number of hydrogen-bond donors (Lipinski definition) is 2. The summed E-state index contributed by atoms with van der Waals surface area (Å²) in [5.41, 5.74) is 0.763. The molecule has 5 nitrogen and oxygen atoms in total. The molecule has 2 N–H and O–H groups in total. The van der Waals surface area contributed by atoms with E-state index in [2.05, 4.69) is 22.1 Å². The molecule has 1 aromatic heterocycles. The molecule has 0 spiro atoms. The Morgan fingerprint density at radius 3 is 2.95 bits per heavy atom. The van der Waals surface area contributed by atoms with Gasteiger partial charge in [0.1, 0.15) is 12.3 Å². The number of amides is 1. The van der Waals surface area contributed by atoms with Gasteiger partial charge in [0.2, 0.25) is 0 Å². The Labute approximate surface area is 120 Å². The highest BCUT2D eigenvalue weighted by molar-refractivity contribution is 7.85. The van der Waals surface area contributed by atoms with Crippen LogP contribution in [0.2, 0.25) is 0 Å². The summed E-state index contributed by atoms with van der Waals surface area (Å²) in [6.45, 7) is -0.260. The van der Waals surface area contributed by atoms with Gasteiger partial charge in [-0.25, -0.2) is 4.98 Å². The van der Waals surface area contributed by atoms with E-state index < -0.39 is 10.8 Å². The third-order valence-electron chi connectivity index (χ3n) is 3.05. The molecule has 0 aliphatic carbocycles. The summed E-state index contributed by atoms with van der Waals surface area (Å²) < 4.78 is 11.3. The van der Waals surface area contributed by atoms with Gasteiger partial charge < -0.3 is 10.4 Å². The summed E-state index contributed by atoms with van der Waals surface area (Å²) in [4.78, 5) is 16.3. The highest BCUT2D eigenvalue weighted by Crippen LogP contribution is 2.11. The van der Waals surface area contributed by atoms with Crippen LogP contribution in [0.25, 0.3) is 0 Å². The summed E-state index contributed by atoms with van der Waals surface area (Å²) >= 11 is 0. The highest BCUT2D eigenvalue weighted by atomic mass is 32.2. The van der Waals surface area contributed by atoms with Crippen molar-refractivity contribution in [2.24, 2.45) is 0 Å². The Morgan fingerprint density at radius 1 is 1.50 bits per heavy atom. The number of carbonyl (C=O) groups excluding carboxylic acids is 1. The normalized spacial score (nSPS) is 21.6. The maximum Gasteiger partial charge on any atom is 0.271 e. The second-order valence-electron chi connectivity index (χ2n) is 4.46. The molecule has 2 rings (SSSR count). The van der Waals surface area contributed by atoms with E-state index in [4.69, 9.17) is 5.11 Å². The molecule has 20 heavy (non-hydrogen) atoms. The number of pyridine rings is 1. The van der Waals surface area contributed by atoms with E-state index in [9.17, 15) is 9.00 Å². The van der Waals surface area contributed by atoms with Crippen molar-refractivity contribution in [2.45, 2.75) is 18.9 Å². The molecule has 0 atom stereocenters. The zero-order valence-electron chi connectivity index (χ0n) is 11.0. The van der Waals surface area contributed by atoms with E-state index in [0.29, 0.717) is 17.1 Å². The van der Waals surface area contributed by atoms with E-state index in [1.165, 1.54) is 6.20 Å². The fourth-order valence-electron chi connectivity index (χ4n) is 2.01. The Hall–Kier alpha value is -1.71. The Balaban J connectivity index is 2.07. The molecule has 1 aliphatic rings. The topological polar surface area (TPSA) is 79.3 Å². The zero-order valence-corrected chi connectivity index (χ0v) is 11.8. The van der Waals surface area contributed by atoms with E-state index in [-0.39, 0.29) is 24.2 Å².